The lowest BCUT2D eigenvalue weighted by molar-refractivity contribution is -0.146. The van der Waals surface area contributed by atoms with Gasteiger partial charge in [0.15, 0.2) is 0 Å². The van der Waals surface area contributed by atoms with E-state index in [4.69, 9.17) is 14.5 Å². The van der Waals surface area contributed by atoms with Crippen molar-refractivity contribution < 1.29 is 19.1 Å². The lowest BCUT2D eigenvalue weighted by Gasteiger charge is -2.37. The van der Waals surface area contributed by atoms with E-state index in [0.29, 0.717) is 25.9 Å². The van der Waals surface area contributed by atoms with Crippen molar-refractivity contribution in [3.8, 4) is 0 Å². The molecule has 1 N–H and O–H groups in total. The van der Waals surface area contributed by atoms with Crippen LogP contribution in [0.3, 0.4) is 0 Å². The van der Waals surface area contributed by atoms with Crippen LogP contribution < -0.4 is 5.32 Å². The Labute approximate surface area is 253 Å². The second-order valence-corrected chi connectivity index (χ2v) is 12.0. The van der Waals surface area contributed by atoms with Gasteiger partial charge in [0.05, 0.1) is 19.1 Å². The van der Waals surface area contributed by atoms with Gasteiger partial charge in [0, 0.05) is 31.7 Å². The van der Waals surface area contributed by atoms with Gasteiger partial charge >= 0.3 is 12.1 Å². The number of carbonyl (C=O) groups is 2. The third-order valence-corrected chi connectivity index (χ3v) is 7.86. The molecule has 1 aliphatic rings. The highest BCUT2D eigenvalue weighted by Crippen LogP contribution is 2.40. The molecular weight excluding hydrogens is 540 g/mol. The van der Waals surface area contributed by atoms with Gasteiger partial charge < -0.3 is 19.4 Å². The fraction of sp³-hybridized carbons (Fsp3) is 0.343. The summed E-state index contributed by atoms with van der Waals surface area (Å²) < 4.78 is 12.8. The predicted octanol–water partition coefficient (Wildman–Crippen LogP) is 5.41. The summed E-state index contributed by atoms with van der Waals surface area (Å²) in [7, 11) is 1.41. The molecule has 0 spiro atoms. The summed E-state index contributed by atoms with van der Waals surface area (Å²) >= 11 is 0. The maximum absolute atomic E-state index is 13.1. The van der Waals surface area contributed by atoms with Crippen molar-refractivity contribution in [2.75, 3.05) is 20.2 Å². The number of nitrogens with zero attached hydrogens (tertiary/aromatic N) is 3. The zero-order valence-electron chi connectivity index (χ0n) is 25.3. The molecule has 43 heavy (non-hydrogen) atoms. The van der Waals surface area contributed by atoms with Gasteiger partial charge in [-0.3, -0.25) is 9.69 Å². The van der Waals surface area contributed by atoms with Gasteiger partial charge in [0.1, 0.15) is 17.2 Å². The van der Waals surface area contributed by atoms with Gasteiger partial charge in [-0.2, -0.15) is 0 Å². The molecule has 4 aromatic rings. The molecule has 1 fully saturated rings. The highest BCUT2D eigenvalue weighted by molar-refractivity contribution is 5.76. The molecule has 1 aliphatic heterocycles. The smallest absolute Gasteiger partial charge is 0.407 e. The minimum absolute atomic E-state index is 0.124. The van der Waals surface area contributed by atoms with Crippen LogP contribution in [0.15, 0.2) is 104 Å². The number of benzene rings is 3. The van der Waals surface area contributed by atoms with E-state index in [0.717, 1.165) is 22.4 Å². The van der Waals surface area contributed by atoms with E-state index >= 15 is 0 Å². The minimum Gasteiger partial charge on any atom is -0.468 e. The molecule has 1 amide bonds. The first-order valence-corrected chi connectivity index (χ1v) is 14.7. The predicted molar refractivity (Wildman–Crippen MR) is 166 cm³/mol. The Morgan fingerprint density at radius 1 is 0.907 bits per heavy atom. The molecule has 8 heteroatoms. The Kier molecular flexibility index (Phi) is 8.97. The summed E-state index contributed by atoms with van der Waals surface area (Å²) in [5.74, 6) is -0.326. The van der Waals surface area contributed by atoms with Crippen molar-refractivity contribution in [2.45, 2.75) is 56.8 Å². The highest BCUT2D eigenvalue weighted by atomic mass is 16.6. The van der Waals surface area contributed by atoms with E-state index in [-0.39, 0.29) is 12.0 Å². The molecule has 1 saturated heterocycles. The largest absolute Gasteiger partial charge is 0.468 e. The van der Waals surface area contributed by atoms with Crippen LogP contribution in [0.5, 0.6) is 0 Å². The van der Waals surface area contributed by atoms with Crippen molar-refractivity contribution in [2.24, 2.45) is 0 Å². The van der Waals surface area contributed by atoms with Gasteiger partial charge in [-0.1, -0.05) is 91.0 Å². The molecule has 224 valence electrons. The molecule has 0 aliphatic carbocycles. The number of alkyl carbamates (subject to hydrolysis) is 1. The monoisotopic (exact) mass is 580 g/mol. The van der Waals surface area contributed by atoms with Crippen molar-refractivity contribution in [3.63, 3.8) is 0 Å². The molecule has 0 saturated carbocycles. The van der Waals surface area contributed by atoms with Crippen molar-refractivity contribution >= 4 is 12.1 Å². The molecule has 2 heterocycles. The van der Waals surface area contributed by atoms with Crippen LogP contribution in [0.25, 0.3) is 0 Å². The zero-order valence-corrected chi connectivity index (χ0v) is 25.3. The fourth-order valence-electron chi connectivity index (χ4n) is 6.00. The molecular formula is C35H40N4O4. The summed E-state index contributed by atoms with van der Waals surface area (Å²) in [5, 5.41) is 2.94. The van der Waals surface area contributed by atoms with Crippen LogP contribution in [0.1, 0.15) is 49.6 Å². The Morgan fingerprint density at radius 2 is 1.44 bits per heavy atom. The molecule has 0 radical (unpaired) electrons. The van der Waals surface area contributed by atoms with E-state index in [9.17, 15) is 9.59 Å². The Morgan fingerprint density at radius 3 is 1.93 bits per heavy atom. The number of imidazole rings is 1. The first kappa shape index (κ1) is 30.0. The molecule has 3 aromatic carbocycles. The lowest BCUT2D eigenvalue weighted by atomic mass is 9.77. The maximum atomic E-state index is 13.1. The van der Waals surface area contributed by atoms with E-state index in [1.807, 2.05) is 51.5 Å². The molecule has 8 nitrogen and oxygen atoms in total. The molecule has 2 atom stereocenters. The topological polar surface area (TPSA) is 85.7 Å². The Bertz CT molecular complexity index is 1400. The standard InChI is InChI=1S/C35H40N4O4/c1-34(2,3)43-33(41)37-29-20-21-38(23-29)31(32(40)42-4)22-30-24-39(25-36-30)35(26-14-8-5-9-15-26,27-16-10-6-11-17-27)28-18-12-7-13-19-28/h5-19,24-25,29,31H,20-23H2,1-4H3,(H,37,41)/t29-,31+/m1/s1. The first-order chi connectivity index (χ1) is 20.7. The van der Waals surface area contributed by atoms with E-state index in [1.54, 1.807) is 0 Å². The number of esters is 1. The van der Waals surface area contributed by atoms with Gasteiger partial charge in [-0.15, -0.1) is 0 Å². The third-order valence-electron chi connectivity index (χ3n) is 7.86. The number of ether oxygens (including phenoxy) is 2. The third kappa shape index (κ3) is 6.65. The van der Waals surface area contributed by atoms with Gasteiger partial charge in [0.25, 0.3) is 0 Å². The van der Waals surface area contributed by atoms with Crippen LogP contribution in [-0.2, 0) is 26.2 Å². The zero-order chi connectivity index (χ0) is 30.5. The summed E-state index contributed by atoms with van der Waals surface area (Å²) in [4.78, 5) is 32.3. The number of aromatic nitrogens is 2. The molecule has 0 bridgehead atoms. The van der Waals surface area contributed by atoms with Crippen molar-refractivity contribution in [1.82, 2.24) is 19.8 Å². The second-order valence-electron chi connectivity index (χ2n) is 12.0. The Balaban J connectivity index is 1.47. The fourth-order valence-corrected chi connectivity index (χ4v) is 6.00. The van der Waals surface area contributed by atoms with Crippen LogP contribution >= 0.6 is 0 Å². The quantitative estimate of drug-likeness (QED) is 0.211. The van der Waals surface area contributed by atoms with Crippen LogP contribution in [-0.4, -0.2) is 64.4 Å². The number of hydrogen-bond donors (Lipinski definition) is 1. The van der Waals surface area contributed by atoms with Gasteiger partial charge in [-0.25, -0.2) is 9.78 Å². The van der Waals surface area contributed by atoms with Gasteiger partial charge in [-0.05, 0) is 43.9 Å². The molecule has 0 unspecified atom stereocenters. The average molecular weight is 581 g/mol. The van der Waals surface area contributed by atoms with Gasteiger partial charge in [0.2, 0.25) is 0 Å². The van der Waals surface area contributed by atoms with Crippen molar-refractivity contribution in [1.29, 1.82) is 0 Å². The minimum atomic E-state index is -0.689. The van der Waals surface area contributed by atoms with Crippen LogP contribution in [0.2, 0.25) is 0 Å². The van der Waals surface area contributed by atoms with Crippen LogP contribution in [0.4, 0.5) is 4.79 Å². The second kappa shape index (κ2) is 12.8. The number of nitrogens with one attached hydrogen (secondary N) is 1. The highest BCUT2D eigenvalue weighted by Gasteiger charge is 2.39. The summed E-state index contributed by atoms with van der Waals surface area (Å²) in [6.45, 7) is 6.66. The van der Waals surface area contributed by atoms with E-state index in [1.165, 1.54) is 7.11 Å². The normalized spacial score (nSPS) is 16.4. The molecule has 1 aromatic heterocycles. The van der Waals surface area contributed by atoms with Crippen molar-refractivity contribution in [3.05, 3.63) is 126 Å². The number of hydrogen-bond acceptors (Lipinski definition) is 6. The molecule has 5 rings (SSSR count). The van der Waals surface area contributed by atoms with E-state index in [2.05, 4.69) is 87.6 Å². The number of rotatable bonds is 9. The number of methoxy groups -OCH3 is 1. The van der Waals surface area contributed by atoms with Crippen LogP contribution in [0, 0.1) is 0 Å². The summed E-state index contributed by atoms with van der Waals surface area (Å²) in [6, 6.07) is 30.5. The number of amides is 1. The summed E-state index contributed by atoms with van der Waals surface area (Å²) in [6.07, 6.45) is 4.52. The number of carbonyl (C=O) groups excluding carboxylic acids is 2. The lowest BCUT2D eigenvalue weighted by Crippen LogP contribution is -2.45. The maximum Gasteiger partial charge on any atom is 0.407 e. The average Bonchev–Trinajstić information content (AvgIpc) is 3.67. The SMILES string of the molecule is COC(=O)[C@H](Cc1cn(C(c2ccccc2)(c2ccccc2)c2ccccc2)cn1)N1CC[C@@H](NC(=O)OC(C)(C)C)C1. The summed E-state index contributed by atoms with van der Waals surface area (Å²) in [5.41, 5.74) is 2.78. The van der Waals surface area contributed by atoms with E-state index < -0.39 is 23.3 Å². The Hall–Kier alpha value is -4.43. The number of likely N-dealkylation sites (tertiary alicyclic amines) is 1. The first-order valence-electron chi connectivity index (χ1n) is 14.7.